The monoisotopic (exact) mass is 296 g/mol. The number of carbonyl (C=O) groups excluding carboxylic acids is 1. The van der Waals surface area contributed by atoms with Crippen LogP contribution in [0.2, 0.25) is 0 Å². The van der Waals surface area contributed by atoms with Gasteiger partial charge in [0.25, 0.3) is 0 Å². The van der Waals surface area contributed by atoms with Gasteiger partial charge in [-0.15, -0.1) is 0 Å². The third kappa shape index (κ3) is 7.85. The van der Waals surface area contributed by atoms with Crippen LogP contribution in [0.5, 0.6) is 0 Å². The fourth-order valence-electron chi connectivity index (χ4n) is 3.67. The highest BCUT2D eigenvalue weighted by Gasteiger charge is 2.20. The summed E-state index contributed by atoms with van der Waals surface area (Å²) in [5, 5.41) is 3.25. The Labute approximate surface area is 131 Å². The Hall–Kier alpha value is -0.570. The highest BCUT2D eigenvalue weighted by atomic mass is 16.1. The summed E-state index contributed by atoms with van der Waals surface area (Å²) in [4.78, 5) is 12.2. The van der Waals surface area contributed by atoms with E-state index in [1.807, 2.05) is 0 Å². The summed E-state index contributed by atoms with van der Waals surface area (Å²) in [5.74, 6) is 1.55. The summed E-state index contributed by atoms with van der Waals surface area (Å²) in [5.41, 5.74) is 5.66. The van der Waals surface area contributed by atoms with Gasteiger partial charge >= 0.3 is 0 Å². The molecular weight excluding hydrogens is 260 g/mol. The summed E-state index contributed by atoms with van der Waals surface area (Å²) >= 11 is 0. The van der Waals surface area contributed by atoms with Crippen molar-refractivity contribution in [1.82, 2.24) is 5.32 Å². The molecule has 21 heavy (non-hydrogen) atoms. The smallest absolute Gasteiger partial charge is 0.220 e. The molecule has 1 aliphatic carbocycles. The number of hydrogen-bond acceptors (Lipinski definition) is 2. The van der Waals surface area contributed by atoms with Gasteiger partial charge in [0.15, 0.2) is 0 Å². The van der Waals surface area contributed by atoms with E-state index in [0.717, 1.165) is 19.4 Å². The summed E-state index contributed by atoms with van der Waals surface area (Å²) < 4.78 is 0. The van der Waals surface area contributed by atoms with E-state index in [9.17, 15) is 4.79 Å². The minimum Gasteiger partial charge on any atom is -0.353 e. The first-order chi connectivity index (χ1) is 10.2. The third-order valence-electron chi connectivity index (χ3n) is 5.05. The number of nitrogens with two attached hydrogens (primary N) is 1. The predicted molar refractivity (Wildman–Crippen MR) is 90.1 cm³/mol. The molecular formula is C18H36N2O. The van der Waals surface area contributed by atoms with Gasteiger partial charge in [0.1, 0.15) is 0 Å². The van der Waals surface area contributed by atoms with Gasteiger partial charge < -0.3 is 11.1 Å². The maximum absolute atomic E-state index is 12.2. The topological polar surface area (TPSA) is 55.1 Å². The predicted octanol–water partition coefficient (Wildman–Crippen LogP) is 4.01. The van der Waals surface area contributed by atoms with Crippen LogP contribution in [-0.2, 0) is 4.79 Å². The fraction of sp³-hybridized carbons (Fsp3) is 0.944. The van der Waals surface area contributed by atoms with Crippen LogP contribution < -0.4 is 11.1 Å². The van der Waals surface area contributed by atoms with Gasteiger partial charge in [0.2, 0.25) is 5.91 Å². The molecule has 0 heterocycles. The molecule has 0 aliphatic heterocycles. The van der Waals surface area contributed by atoms with Gasteiger partial charge in [-0.1, -0.05) is 45.4 Å². The lowest BCUT2D eigenvalue weighted by molar-refractivity contribution is -0.122. The van der Waals surface area contributed by atoms with E-state index in [1.165, 1.54) is 51.4 Å². The van der Waals surface area contributed by atoms with Gasteiger partial charge in [-0.2, -0.15) is 0 Å². The van der Waals surface area contributed by atoms with E-state index in [2.05, 4.69) is 19.2 Å². The second-order valence-electron chi connectivity index (χ2n) is 6.88. The molecule has 1 aliphatic rings. The Morgan fingerprint density at radius 3 is 2.38 bits per heavy atom. The minimum atomic E-state index is 0.241. The number of nitrogens with one attached hydrogen (secondary N) is 1. The molecule has 1 amide bonds. The first-order valence-electron chi connectivity index (χ1n) is 9.16. The quantitative estimate of drug-likeness (QED) is 0.632. The Bertz CT molecular complexity index is 266. The van der Waals surface area contributed by atoms with Gasteiger partial charge in [0, 0.05) is 12.5 Å². The minimum absolute atomic E-state index is 0.241. The highest BCUT2D eigenvalue weighted by molar-refractivity contribution is 5.76. The van der Waals surface area contributed by atoms with Gasteiger partial charge in [-0.3, -0.25) is 4.79 Å². The summed E-state index contributed by atoms with van der Waals surface area (Å²) in [6.07, 6.45) is 13.1. The Balaban J connectivity index is 2.27. The average Bonchev–Trinajstić information content (AvgIpc) is 2.74. The third-order valence-corrected chi connectivity index (χ3v) is 5.05. The van der Waals surface area contributed by atoms with Crippen LogP contribution in [-0.4, -0.2) is 18.5 Å². The molecule has 0 aromatic rings. The van der Waals surface area contributed by atoms with Crippen molar-refractivity contribution >= 4 is 5.91 Å². The SMILES string of the molecule is CCCC(CCN)CCC(=O)N[C@@H](C)C1CCCCCC1. The van der Waals surface area contributed by atoms with Crippen LogP contribution in [0.3, 0.4) is 0 Å². The van der Waals surface area contributed by atoms with Crippen LogP contribution in [0.15, 0.2) is 0 Å². The van der Waals surface area contributed by atoms with Crippen molar-refractivity contribution in [2.75, 3.05) is 6.54 Å². The zero-order valence-electron chi connectivity index (χ0n) is 14.2. The molecule has 0 spiro atoms. The standard InChI is InChI=1S/C18H36N2O/c1-3-8-16(13-14-19)11-12-18(21)20-15(2)17-9-6-4-5-7-10-17/h15-17H,3-14,19H2,1-2H3,(H,20,21)/t15-,16?/m0/s1. The largest absolute Gasteiger partial charge is 0.353 e. The van der Waals surface area contributed by atoms with E-state index in [0.29, 0.717) is 24.3 Å². The van der Waals surface area contributed by atoms with Crippen molar-refractivity contribution in [3.05, 3.63) is 0 Å². The average molecular weight is 296 g/mol. The zero-order chi connectivity index (χ0) is 15.5. The molecule has 0 saturated heterocycles. The number of rotatable bonds is 9. The number of carbonyl (C=O) groups is 1. The molecule has 1 rings (SSSR count). The number of amides is 1. The molecule has 3 nitrogen and oxygen atoms in total. The van der Waals surface area contributed by atoms with Crippen molar-refractivity contribution < 1.29 is 4.79 Å². The van der Waals surface area contributed by atoms with Crippen molar-refractivity contribution in [3.63, 3.8) is 0 Å². The second-order valence-corrected chi connectivity index (χ2v) is 6.88. The van der Waals surface area contributed by atoms with Gasteiger partial charge in [-0.25, -0.2) is 0 Å². The van der Waals surface area contributed by atoms with E-state index in [4.69, 9.17) is 5.73 Å². The molecule has 0 bridgehead atoms. The van der Waals surface area contributed by atoms with Crippen molar-refractivity contribution in [2.24, 2.45) is 17.6 Å². The van der Waals surface area contributed by atoms with Crippen LogP contribution in [0.4, 0.5) is 0 Å². The first kappa shape index (κ1) is 18.5. The first-order valence-corrected chi connectivity index (χ1v) is 9.16. The maximum Gasteiger partial charge on any atom is 0.220 e. The number of hydrogen-bond donors (Lipinski definition) is 2. The molecule has 0 radical (unpaired) electrons. The van der Waals surface area contributed by atoms with Crippen molar-refractivity contribution in [1.29, 1.82) is 0 Å². The molecule has 3 heteroatoms. The maximum atomic E-state index is 12.2. The molecule has 124 valence electrons. The van der Waals surface area contributed by atoms with Crippen LogP contribution in [0, 0.1) is 11.8 Å². The van der Waals surface area contributed by atoms with Crippen molar-refractivity contribution in [3.8, 4) is 0 Å². The lowest BCUT2D eigenvalue weighted by atomic mass is 9.92. The lowest BCUT2D eigenvalue weighted by Crippen LogP contribution is -2.38. The highest BCUT2D eigenvalue weighted by Crippen LogP contribution is 2.25. The Kier molecular flexibility index (Phi) is 9.73. The van der Waals surface area contributed by atoms with Crippen molar-refractivity contribution in [2.45, 2.75) is 90.5 Å². The summed E-state index contributed by atoms with van der Waals surface area (Å²) in [6.45, 7) is 5.14. The molecule has 1 unspecified atom stereocenters. The normalized spacial score (nSPS) is 19.8. The Morgan fingerprint density at radius 2 is 1.81 bits per heavy atom. The molecule has 1 saturated carbocycles. The molecule has 1 fully saturated rings. The fourth-order valence-corrected chi connectivity index (χ4v) is 3.67. The van der Waals surface area contributed by atoms with E-state index in [1.54, 1.807) is 0 Å². The van der Waals surface area contributed by atoms with Gasteiger partial charge in [-0.05, 0) is 51.0 Å². The van der Waals surface area contributed by atoms with E-state index >= 15 is 0 Å². The van der Waals surface area contributed by atoms with Crippen LogP contribution in [0.25, 0.3) is 0 Å². The van der Waals surface area contributed by atoms with Gasteiger partial charge in [0.05, 0.1) is 0 Å². The molecule has 3 N–H and O–H groups in total. The van der Waals surface area contributed by atoms with E-state index < -0.39 is 0 Å². The van der Waals surface area contributed by atoms with Crippen LogP contribution in [0.1, 0.15) is 84.5 Å². The molecule has 0 aromatic heterocycles. The lowest BCUT2D eigenvalue weighted by Gasteiger charge is -2.24. The summed E-state index contributed by atoms with van der Waals surface area (Å²) in [7, 11) is 0. The summed E-state index contributed by atoms with van der Waals surface area (Å²) in [6, 6.07) is 0.342. The second kappa shape index (κ2) is 11.1. The Morgan fingerprint density at radius 1 is 1.14 bits per heavy atom. The van der Waals surface area contributed by atoms with Crippen LogP contribution >= 0.6 is 0 Å². The molecule has 2 atom stereocenters. The van der Waals surface area contributed by atoms with E-state index in [-0.39, 0.29) is 5.91 Å². The zero-order valence-corrected chi connectivity index (χ0v) is 14.2. The molecule has 0 aromatic carbocycles.